The summed E-state index contributed by atoms with van der Waals surface area (Å²) in [5.41, 5.74) is 6.21. The topological polar surface area (TPSA) is 93.4 Å². The molecule has 1 unspecified atom stereocenters. The Bertz CT molecular complexity index is 431. The number of anilines is 2. The lowest BCUT2D eigenvalue weighted by molar-refractivity contribution is -0.127. The number of nitrogens with one attached hydrogen (secondary N) is 2. The molecule has 0 aliphatic heterocycles. The van der Waals surface area contributed by atoms with Crippen molar-refractivity contribution >= 4 is 23.3 Å². The lowest BCUT2D eigenvalue weighted by atomic mass is 10.2. The fourth-order valence-corrected chi connectivity index (χ4v) is 1.58. The molecule has 1 atom stereocenters. The summed E-state index contributed by atoms with van der Waals surface area (Å²) >= 11 is 0. The molecule has 0 aromatic heterocycles. The van der Waals surface area contributed by atoms with E-state index in [0.29, 0.717) is 24.4 Å². The second-order valence-corrected chi connectivity index (χ2v) is 3.91. The van der Waals surface area contributed by atoms with E-state index in [1.165, 1.54) is 0 Å². The number of hydrogen-bond donors (Lipinski definition) is 3. The molecular weight excluding hydrogens is 246 g/mol. The minimum absolute atomic E-state index is 0.181. The Morgan fingerprint density at radius 1 is 1.16 bits per heavy atom. The Morgan fingerprint density at radius 3 is 2.11 bits per heavy atom. The van der Waals surface area contributed by atoms with Gasteiger partial charge in [0.05, 0.1) is 0 Å². The first kappa shape index (κ1) is 15.0. The average Bonchev–Trinajstić information content (AvgIpc) is 2.37. The van der Waals surface area contributed by atoms with Crippen molar-refractivity contribution in [3.05, 3.63) is 24.3 Å². The lowest BCUT2D eigenvalue weighted by Gasteiger charge is -2.15. The number of primary amides is 1. The largest absolute Gasteiger partial charge is 0.369 e. The zero-order chi connectivity index (χ0) is 14.3. The van der Waals surface area contributed by atoms with Gasteiger partial charge in [0.2, 0.25) is 0 Å². The first-order valence-electron chi connectivity index (χ1n) is 6.15. The third-order valence-corrected chi connectivity index (χ3v) is 2.45. The number of amides is 3. The first-order chi connectivity index (χ1) is 9.06. The van der Waals surface area contributed by atoms with Crippen LogP contribution in [0.25, 0.3) is 0 Å². The molecule has 6 heteroatoms. The van der Waals surface area contributed by atoms with E-state index in [2.05, 4.69) is 10.6 Å². The van der Waals surface area contributed by atoms with Gasteiger partial charge in [0.25, 0.3) is 5.91 Å². The number of ether oxygens (including phenoxy) is 1. The summed E-state index contributed by atoms with van der Waals surface area (Å²) in [6.07, 6.45) is 0.162. The van der Waals surface area contributed by atoms with Gasteiger partial charge in [0.1, 0.15) is 6.10 Å². The van der Waals surface area contributed by atoms with Crippen molar-refractivity contribution < 1.29 is 14.3 Å². The Morgan fingerprint density at radius 2 is 1.68 bits per heavy atom. The standard InChI is InChI=1S/C13H19N3O3/c1-3-11(19-4-2)12(17)15-9-5-7-10(8-6-9)16-13(14)18/h5-8,11H,3-4H2,1-2H3,(H,15,17)(H3,14,16,18). The van der Waals surface area contributed by atoms with Crippen LogP contribution in [-0.2, 0) is 9.53 Å². The summed E-state index contributed by atoms with van der Waals surface area (Å²) in [5, 5.41) is 5.19. The fourth-order valence-electron chi connectivity index (χ4n) is 1.58. The van der Waals surface area contributed by atoms with Gasteiger partial charge in [0.15, 0.2) is 0 Å². The number of urea groups is 1. The van der Waals surface area contributed by atoms with Gasteiger partial charge in [0, 0.05) is 18.0 Å². The van der Waals surface area contributed by atoms with Crippen LogP contribution in [0.5, 0.6) is 0 Å². The van der Waals surface area contributed by atoms with E-state index in [9.17, 15) is 9.59 Å². The van der Waals surface area contributed by atoms with Gasteiger partial charge in [-0.25, -0.2) is 4.79 Å². The Balaban J connectivity index is 2.61. The molecule has 4 N–H and O–H groups in total. The van der Waals surface area contributed by atoms with Gasteiger partial charge in [-0.2, -0.15) is 0 Å². The predicted molar refractivity (Wildman–Crippen MR) is 74.0 cm³/mol. The van der Waals surface area contributed by atoms with Crippen LogP contribution >= 0.6 is 0 Å². The zero-order valence-electron chi connectivity index (χ0n) is 11.1. The van der Waals surface area contributed by atoms with Crippen LogP contribution in [0.3, 0.4) is 0 Å². The van der Waals surface area contributed by atoms with Crippen LogP contribution in [0.4, 0.5) is 16.2 Å². The van der Waals surface area contributed by atoms with Crippen molar-refractivity contribution in [1.29, 1.82) is 0 Å². The van der Waals surface area contributed by atoms with E-state index < -0.39 is 12.1 Å². The van der Waals surface area contributed by atoms with Gasteiger partial charge in [-0.3, -0.25) is 4.79 Å². The summed E-state index contributed by atoms with van der Waals surface area (Å²) in [4.78, 5) is 22.5. The SMILES string of the molecule is CCOC(CC)C(=O)Nc1ccc(NC(N)=O)cc1. The second kappa shape index (κ2) is 7.38. The maximum atomic E-state index is 11.9. The molecule has 0 saturated heterocycles. The number of rotatable bonds is 6. The van der Waals surface area contributed by atoms with E-state index >= 15 is 0 Å². The molecule has 3 amide bonds. The minimum Gasteiger partial charge on any atom is -0.369 e. The number of hydrogen-bond acceptors (Lipinski definition) is 3. The van der Waals surface area contributed by atoms with Gasteiger partial charge < -0.3 is 21.1 Å². The molecular formula is C13H19N3O3. The van der Waals surface area contributed by atoms with Crippen molar-refractivity contribution in [3.63, 3.8) is 0 Å². The number of benzene rings is 1. The summed E-state index contributed by atoms with van der Waals surface area (Å²) < 4.78 is 5.32. The van der Waals surface area contributed by atoms with Gasteiger partial charge in [-0.1, -0.05) is 6.92 Å². The summed E-state index contributed by atoms with van der Waals surface area (Å²) in [6.45, 7) is 4.23. The third kappa shape index (κ3) is 4.97. The maximum absolute atomic E-state index is 11.9. The smallest absolute Gasteiger partial charge is 0.316 e. The molecule has 0 fully saturated rings. The third-order valence-electron chi connectivity index (χ3n) is 2.45. The molecule has 6 nitrogen and oxygen atoms in total. The Kier molecular flexibility index (Phi) is 5.81. The van der Waals surface area contributed by atoms with E-state index in [1.54, 1.807) is 24.3 Å². The highest BCUT2D eigenvalue weighted by Gasteiger charge is 2.16. The number of nitrogens with two attached hydrogens (primary N) is 1. The zero-order valence-corrected chi connectivity index (χ0v) is 11.1. The fraction of sp³-hybridized carbons (Fsp3) is 0.385. The lowest BCUT2D eigenvalue weighted by Crippen LogP contribution is -2.29. The molecule has 0 saturated carbocycles. The summed E-state index contributed by atoms with van der Waals surface area (Å²) in [6, 6.07) is 6.05. The molecule has 1 aromatic carbocycles. The number of carbonyl (C=O) groups excluding carboxylic acids is 2. The second-order valence-electron chi connectivity index (χ2n) is 3.91. The summed E-state index contributed by atoms with van der Waals surface area (Å²) in [7, 11) is 0. The molecule has 0 radical (unpaired) electrons. The highest BCUT2D eigenvalue weighted by molar-refractivity contribution is 5.94. The normalized spacial score (nSPS) is 11.7. The van der Waals surface area contributed by atoms with Crippen molar-refractivity contribution in [2.45, 2.75) is 26.4 Å². The van der Waals surface area contributed by atoms with E-state index in [4.69, 9.17) is 10.5 Å². The van der Waals surface area contributed by atoms with Crippen LogP contribution in [0.1, 0.15) is 20.3 Å². The quantitative estimate of drug-likeness (QED) is 0.733. The summed E-state index contributed by atoms with van der Waals surface area (Å²) in [5.74, 6) is -0.181. The van der Waals surface area contributed by atoms with Crippen molar-refractivity contribution in [2.75, 3.05) is 17.2 Å². The Labute approximate surface area is 112 Å². The molecule has 104 valence electrons. The van der Waals surface area contributed by atoms with E-state index in [0.717, 1.165) is 0 Å². The molecule has 19 heavy (non-hydrogen) atoms. The monoisotopic (exact) mass is 265 g/mol. The number of carbonyl (C=O) groups is 2. The molecule has 0 heterocycles. The predicted octanol–water partition coefficient (Wildman–Crippen LogP) is 1.93. The van der Waals surface area contributed by atoms with Crippen molar-refractivity contribution in [2.24, 2.45) is 5.73 Å². The van der Waals surface area contributed by atoms with Gasteiger partial charge >= 0.3 is 6.03 Å². The van der Waals surface area contributed by atoms with Crippen LogP contribution in [-0.4, -0.2) is 24.6 Å². The highest BCUT2D eigenvalue weighted by atomic mass is 16.5. The molecule has 0 bridgehead atoms. The molecule has 0 spiro atoms. The molecule has 0 aliphatic carbocycles. The van der Waals surface area contributed by atoms with Crippen LogP contribution in [0.15, 0.2) is 24.3 Å². The maximum Gasteiger partial charge on any atom is 0.316 e. The van der Waals surface area contributed by atoms with Crippen LogP contribution in [0, 0.1) is 0 Å². The first-order valence-corrected chi connectivity index (χ1v) is 6.15. The Hall–Kier alpha value is -2.08. The van der Waals surface area contributed by atoms with E-state index in [-0.39, 0.29) is 5.91 Å². The van der Waals surface area contributed by atoms with Gasteiger partial charge in [-0.15, -0.1) is 0 Å². The van der Waals surface area contributed by atoms with Crippen LogP contribution in [0.2, 0.25) is 0 Å². The molecule has 1 aromatic rings. The van der Waals surface area contributed by atoms with Crippen LogP contribution < -0.4 is 16.4 Å². The van der Waals surface area contributed by atoms with Crippen molar-refractivity contribution in [1.82, 2.24) is 0 Å². The van der Waals surface area contributed by atoms with Crippen molar-refractivity contribution in [3.8, 4) is 0 Å². The average molecular weight is 265 g/mol. The van der Waals surface area contributed by atoms with E-state index in [1.807, 2.05) is 13.8 Å². The molecule has 0 aliphatic rings. The highest BCUT2D eigenvalue weighted by Crippen LogP contribution is 2.14. The molecule has 1 rings (SSSR count). The minimum atomic E-state index is -0.626. The van der Waals surface area contributed by atoms with Gasteiger partial charge in [-0.05, 0) is 37.6 Å².